The Hall–Kier alpha value is -4.21. The van der Waals surface area contributed by atoms with Crippen LogP contribution in [0.5, 0.6) is 0 Å². The molecule has 1 aromatic carbocycles. The number of aromatic nitrogens is 4. The molecular weight excluding hydrogens is 521 g/mol. The zero-order chi connectivity index (χ0) is 28.7. The number of hydrogen-bond donors (Lipinski definition) is 1. The molecule has 0 saturated carbocycles. The standard InChI is InChI=1S/C31H36FN7O2/c1-31(2,3)38(30(40)41)23-14-17-36(18-15-23)28-11-5-9-24(34-28)26-20-33-27-12-13-29(35-39(26)27)37-16-6-10-25(37)21-7-4-8-22(32)19-21/h4-5,7-9,11-13,19-20,23,25H,6,10,14-18H2,1-3H3,(H,40,41)/t25-/m1/s1. The summed E-state index contributed by atoms with van der Waals surface area (Å²) < 4.78 is 15.8. The van der Waals surface area contributed by atoms with Crippen molar-refractivity contribution in [3.05, 3.63) is 72.2 Å². The number of pyridine rings is 1. The van der Waals surface area contributed by atoms with Crippen molar-refractivity contribution in [2.24, 2.45) is 0 Å². The third kappa shape index (κ3) is 5.30. The summed E-state index contributed by atoms with van der Waals surface area (Å²) >= 11 is 0. The van der Waals surface area contributed by atoms with Crippen molar-refractivity contribution in [3.8, 4) is 11.4 Å². The van der Waals surface area contributed by atoms with Gasteiger partial charge in [-0.05, 0) is 88.4 Å². The minimum absolute atomic E-state index is 0.0184. The van der Waals surface area contributed by atoms with Gasteiger partial charge in [0.15, 0.2) is 5.65 Å². The molecule has 0 aliphatic carbocycles. The molecule has 2 fully saturated rings. The van der Waals surface area contributed by atoms with Crippen molar-refractivity contribution in [3.63, 3.8) is 0 Å². The van der Waals surface area contributed by atoms with Crippen LogP contribution in [0.1, 0.15) is 58.1 Å². The fourth-order valence-corrected chi connectivity index (χ4v) is 6.38. The maximum Gasteiger partial charge on any atom is 0.407 e. The van der Waals surface area contributed by atoms with Crippen LogP contribution >= 0.6 is 0 Å². The normalized spacial score (nSPS) is 18.3. The average molecular weight is 558 g/mol. The Morgan fingerprint density at radius 3 is 2.51 bits per heavy atom. The lowest BCUT2D eigenvalue weighted by atomic mass is 9.97. The van der Waals surface area contributed by atoms with Crippen LogP contribution < -0.4 is 9.80 Å². The monoisotopic (exact) mass is 557 g/mol. The predicted molar refractivity (Wildman–Crippen MR) is 157 cm³/mol. The Morgan fingerprint density at radius 1 is 1.00 bits per heavy atom. The van der Waals surface area contributed by atoms with E-state index in [4.69, 9.17) is 10.1 Å². The van der Waals surface area contributed by atoms with Gasteiger partial charge in [0.2, 0.25) is 0 Å². The number of halogens is 1. The number of amides is 1. The van der Waals surface area contributed by atoms with Gasteiger partial charge in [0.05, 0.1) is 17.9 Å². The molecule has 5 heterocycles. The summed E-state index contributed by atoms with van der Waals surface area (Å²) in [6, 6.07) is 16.8. The maximum absolute atomic E-state index is 14.0. The Labute approximate surface area is 239 Å². The summed E-state index contributed by atoms with van der Waals surface area (Å²) in [5.74, 6) is 1.46. The number of hydrogen-bond acceptors (Lipinski definition) is 6. The summed E-state index contributed by atoms with van der Waals surface area (Å²) in [7, 11) is 0. The molecule has 2 saturated heterocycles. The second-order valence-corrected chi connectivity index (χ2v) is 11.9. The number of anilines is 2. The van der Waals surface area contributed by atoms with E-state index in [0.29, 0.717) is 0 Å². The summed E-state index contributed by atoms with van der Waals surface area (Å²) in [5.41, 5.74) is 2.81. The number of nitrogens with zero attached hydrogens (tertiary/aromatic N) is 7. The molecule has 2 aliphatic heterocycles. The molecule has 0 bridgehead atoms. The molecule has 1 amide bonds. The Bertz CT molecular complexity index is 1560. The summed E-state index contributed by atoms with van der Waals surface area (Å²) in [6.45, 7) is 8.14. The van der Waals surface area contributed by atoms with Gasteiger partial charge in [-0.15, -0.1) is 5.10 Å². The van der Waals surface area contributed by atoms with E-state index in [-0.39, 0.29) is 17.9 Å². The lowest BCUT2D eigenvalue weighted by Crippen LogP contribution is -2.54. The molecule has 41 heavy (non-hydrogen) atoms. The molecule has 9 nitrogen and oxygen atoms in total. The highest BCUT2D eigenvalue weighted by Crippen LogP contribution is 2.36. The number of fused-ring (bicyclic) bond motifs is 1. The fraction of sp³-hybridized carbons (Fsp3) is 0.419. The number of carbonyl (C=O) groups is 1. The predicted octanol–water partition coefficient (Wildman–Crippen LogP) is 6.02. The Morgan fingerprint density at radius 2 is 1.78 bits per heavy atom. The van der Waals surface area contributed by atoms with Crippen LogP contribution in [0.25, 0.3) is 17.0 Å². The molecule has 3 aromatic heterocycles. The first-order valence-electron chi connectivity index (χ1n) is 14.3. The lowest BCUT2D eigenvalue weighted by molar-refractivity contribution is 0.0616. The minimum atomic E-state index is -0.869. The van der Waals surface area contributed by atoms with Crippen LogP contribution in [0.4, 0.5) is 20.8 Å². The first-order valence-corrected chi connectivity index (χ1v) is 14.3. The van der Waals surface area contributed by atoms with Crippen LogP contribution in [0, 0.1) is 5.82 Å². The van der Waals surface area contributed by atoms with E-state index in [9.17, 15) is 14.3 Å². The molecule has 10 heteroatoms. The van der Waals surface area contributed by atoms with E-state index in [0.717, 1.165) is 79.6 Å². The highest BCUT2D eigenvalue weighted by molar-refractivity contribution is 5.67. The number of imidazole rings is 1. The van der Waals surface area contributed by atoms with E-state index in [1.165, 1.54) is 6.07 Å². The zero-order valence-electron chi connectivity index (χ0n) is 23.7. The molecule has 0 unspecified atom stereocenters. The van der Waals surface area contributed by atoms with Crippen molar-refractivity contribution in [2.45, 2.75) is 64.1 Å². The molecule has 0 spiro atoms. The largest absolute Gasteiger partial charge is 0.465 e. The van der Waals surface area contributed by atoms with Crippen LogP contribution in [0.15, 0.2) is 60.8 Å². The summed E-state index contributed by atoms with van der Waals surface area (Å²) in [5, 5.41) is 14.8. The molecule has 2 aliphatic rings. The SMILES string of the molecule is CC(C)(C)N(C(=O)O)C1CCN(c2cccc(-c3cnc4ccc(N5CCC[C@@H]5c5cccc(F)c5)nn34)n2)CC1. The van der Waals surface area contributed by atoms with Gasteiger partial charge in [-0.25, -0.2) is 23.7 Å². The second kappa shape index (κ2) is 10.6. The highest BCUT2D eigenvalue weighted by Gasteiger charge is 2.35. The van der Waals surface area contributed by atoms with E-state index in [2.05, 4.69) is 14.8 Å². The molecule has 1 N–H and O–H groups in total. The van der Waals surface area contributed by atoms with Gasteiger partial charge in [0.25, 0.3) is 0 Å². The summed E-state index contributed by atoms with van der Waals surface area (Å²) in [4.78, 5) is 27.6. The van der Waals surface area contributed by atoms with Gasteiger partial charge in [0.1, 0.15) is 23.1 Å². The lowest BCUT2D eigenvalue weighted by Gasteiger charge is -2.43. The zero-order valence-corrected chi connectivity index (χ0v) is 23.7. The molecular formula is C31H36FN7O2. The number of piperidine rings is 1. The first kappa shape index (κ1) is 27.0. The first-order chi connectivity index (χ1) is 19.7. The Kier molecular flexibility index (Phi) is 7.01. The van der Waals surface area contributed by atoms with Gasteiger partial charge >= 0.3 is 6.09 Å². The van der Waals surface area contributed by atoms with Crippen molar-refractivity contribution in [1.82, 2.24) is 24.5 Å². The van der Waals surface area contributed by atoms with Crippen molar-refractivity contribution >= 4 is 23.4 Å². The van der Waals surface area contributed by atoms with E-state index >= 15 is 0 Å². The quantitative estimate of drug-likeness (QED) is 0.321. The van der Waals surface area contributed by atoms with E-state index in [1.807, 2.05) is 61.7 Å². The van der Waals surface area contributed by atoms with Crippen LogP contribution in [0.3, 0.4) is 0 Å². The van der Waals surface area contributed by atoms with E-state index in [1.54, 1.807) is 23.2 Å². The van der Waals surface area contributed by atoms with Crippen molar-refractivity contribution in [2.75, 3.05) is 29.4 Å². The van der Waals surface area contributed by atoms with Crippen molar-refractivity contribution < 1.29 is 14.3 Å². The number of rotatable bonds is 5. The van der Waals surface area contributed by atoms with Gasteiger partial charge in [-0.2, -0.15) is 0 Å². The molecule has 4 aromatic rings. The third-order valence-electron chi connectivity index (χ3n) is 8.21. The van der Waals surface area contributed by atoms with Gasteiger partial charge in [-0.3, -0.25) is 0 Å². The smallest absolute Gasteiger partial charge is 0.407 e. The van der Waals surface area contributed by atoms with Gasteiger partial charge < -0.3 is 19.8 Å². The number of carboxylic acid groups (broad SMARTS) is 1. The van der Waals surface area contributed by atoms with Crippen LogP contribution in [-0.4, -0.2) is 66.9 Å². The van der Waals surface area contributed by atoms with Gasteiger partial charge in [0, 0.05) is 31.2 Å². The molecule has 1 atom stereocenters. The highest BCUT2D eigenvalue weighted by atomic mass is 19.1. The van der Waals surface area contributed by atoms with Crippen LogP contribution in [-0.2, 0) is 0 Å². The van der Waals surface area contributed by atoms with Gasteiger partial charge in [-0.1, -0.05) is 18.2 Å². The van der Waals surface area contributed by atoms with E-state index < -0.39 is 11.6 Å². The second-order valence-electron chi connectivity index (χ2n) is 11.9. The number of benzene rings is 1. The topological polar surface area (TPSA) is 90.1 Å². The van der Waals surface area contributed by atoms with Crippen molar-refractivity contribution in [1.29, 1.82) is 0 Å². The molecule has 214 valence electrons. The molecule has 6 rings (SSSR count). The average Bonchev–Trinajstić information content (AvgIpc) is 3.60. The van der Waals surface area contributed by atoms with Crippen LogP contribution in [0.2, 0.25) is 0 Å². The fourth-order valence-electron chi connectivity index (χ4n) is 6.38. The molecule has 0 radical (unpaired) electrons. The summed E-state index contributed by atoms with van der Waals surface area (Å²) in [6.07, 6.45) is 4.38. The third-order valence-corrected chi connectivity index (χ3v) is 8.21. The minimum Gasteiger partial charge on any atom is -0.465 e. The Balaban J connectivity index is 1.24. The maximum atomic E-state index is 14.0.